The summed E-state index contributed by atoms with van der Waals surface area (Å²) in [7, 11) is 0. The van der Waals surface area contributed by atoms with Crippen molar-refractivity contribution in [2.24, 2.45) is 0 Å². The van der Waals surface area contributed by atoms with E-state index in [4.69, 9.17) is 23.2 Å². The second-order valence-electron chi connectivity index (χ2n) is 7.10. The van der Waals surface area contributed by atoms with E-state index < -0.39 is 18.1 Å². The zero-order valence-corrected chi connectivity index (χ0v) is 16.8. The van der Waals surface area contributed by atoms with E-state index in [1.54, 1.807) is 12.1 Å². The number of carboxylic acids is 1. The van der Waals surface area contributed by atoms with Gasteiger partial charge in [-0.2, -0.15) is 0 Å². The number of benzene rings is 3. The van der Waals surface area contributed by atoms with Crippen LogP contribution < -0.4 is 10.6 Å². The summed E-state index contributed by atoms with van der Waals surface area (Å²) in [4.78, 5) is 24.3. The van der Waals surface area contributed by atoms with Crippen LogP contribution in [-0.2, 0) is 16.0 Å². The third kappa shape index (κ3) is 4.16. The fraction of sp³-hybridized carbons (Fsp3) is 0.182. The van der Waals surface area contributed by atoms with Crippen LogP contribution in [-0.4, -0.2) is 23.0 Å². The minimum Gasteiger partial charge on any atom is -0.480 e. The van der Waals surface area contributed by atoms with Crippen molar-refractivity contribution in [1.29, 1.82) is 0 Å². The summed E-state index contributed by atoms with van der Waals surface area (Å²) in [6.07, 6.45) is 0.375. The van der Waals surface area contributed by atoms with Gasteiger partial charge >= 0.3 is 5.97 Å². The molecule has 1 heterocycles. The fourth-order valence-corrected chi connectivity index (χ4v) is 4.36. The number of rotatable bonds is 4. The maximum atomic E-state index is 12.7. The molecule has 5 nitrogen and oxygen atoms in total. The molecule has 3 aromatic carbocycles. The van der Waals surface area contributed by atoms with E-state index in [0.29, 0.717) is 21.3 Å². The summed E-state index contributed by atoms with van der Waals surface area (Å²) in [5.41, 5.74) is 2.06. The van der Waals surface area contributed by atoms with Crippen LogP contribution in [0.3, 0.4) is 0 Å². The van der Waals surface area contributed by atoms with E-state index in [2.05, 4.69) is 10.6 Å². The molecule has 2 atom stereocenters. The number of halogens is 2. The van der Waals surface area contributed by atoms with Gasteiger partial charge in [0.25, 0.3) is 0 Å². The fourth-order valence-electron chi connectivity index (χ4n) is 3.73. The molecule has 0 unspecified atom stereocenters. The Morgan fingerprint density at radius 2 is 1.83 bits per heavy atom. The average molecular weight is 429 g/mol. The number of carbonyl (C=O) groups excluding carboxylic acids is 1. The molecule has 0 saturated heterocycles. The number of fused-ring (bicyclic) bond motifs is 2. The van der Waals surface area contributed by atoms with Crippen LogP contribution in [0.1, 0.15) is 23.6 Å². The summed E-state index contributed by atoms with van der Waals surface area (Å²) in [5.74, 6) is -1.20. The van der Waals surface area contributed by atoms with Crippen molar-refractivity contribution in [3.63, 3.8) is 0 Å². The van der Waals surface area contributed by atoms with Crippen LogP contribution in [0, 0.1) is 0 Å². The Hall–Kier alpha value is -2.76. The molecule has 1 aliphatic heterocycles. The molecular formula is C22H18Cl2N2O3. The number of hydrogen-bond acceptors (Lipinski definition) is 3. The Bertz CT molecular complexity index is 1120. The van der Waals surface area contributed by atoms with Crippen molar-refractivity contribution in [1.82, 2.24) is 5.32 Å². The molecule has 1 amide bonds. The second-order valence-corrected chi connectivity index (χ2v) is 7.94. The average Bonchev–Trinajstić information content (AvgIpc) is 2.66. The van der Waals surface area contributed by atoms with Crippen molar-refractivity contribution >= 4 is 51.5 Å². The Morgan fingerprint density at radius 1 is 1.07 bits per heavy atom. The number of carboxylic acid groups (broad SMARTS) is 1. The standard InChI is InChI=1S/C22H18Cl2N2O3/c23-15-9-16(24)21-17(10-15)25-19(22(28)29)11-18(21)26-20(27)8-12-5-6-13-3-1-2-4-14(13)7-12/h1-7,9-10,18-19,25H,8,11H2,(H,26,27)(H,28,29)/t18-,19+/m0/s1. The highest BCUT2D eigenvalue weighted by Gasteiger charge is 2.33. The highest BCUT2D eigenvalue weighted by atomic mass is 35.5. The summed E-state index contributed by atoms with van der Waals surface area (Å²) in [6, 6.07) is 15.7. The van der Waals surface area contributed by atoms with Gasteiger partial charge in [-0.3, -0.25) is 4.79 Å². The van der Waals surface area contributed by atoms with E-state index >= 15 is 0 Å². The maximum absolute atomic E-state index is 12.7. The Balaban J connectivity index is 1.57. The van der Waals surface area contributed by atoms with Crippen molar-refractivity contribution < 1.29 is 14.7 Å². The van der Waals surface area contributed by atoms with Crippen molar-refractivity contribution in [2.45, 2.75) is 24.9 Å². The summed E-state index contributed by atoms with van der Waals surface area (Å²) < 4.78 is 0. The lowest BCUT2D eigenvalue weighted by molar-refractivity contribution is -0.138. The SMILES string of the molecule is O=C(Cc1ccc2ccccc2c1)N[C@H]1C[C@H](C(=O)O)Nc2cc(Cl)cc(Cl)c21. The molecule has 148 valence electrons. The molecule has 0 spiro atoms. The van der Waals surface area contributed by atoms with Gasteiger partial charge in [0, 0.05) is 27.7 Å². The van der Waals surface area contributed by atoms with Crippen LogP contribution >= 0.6 is 23.2 Å². The topological polar surface area (TPSA) is 78.4 Å². The molecule has 0 aliphatic carbocycles. The van der Waals surface area contributed by atoms with Gasteiger partial charge in [0.15, 0.2) is 0 Å². The van der Waals surface area contributed by atoms with Crippen LogP contribution in [0.2, 0.25) is 10.0 Å². The van der Waals surface area contributed by atoms with Gasteiger partial charge in [-0.25, -0.2) is 4.79 Å². The van der Waals surface area contributed by atoms with E-state index in [1.165, 1.54) is 0 Å². The first kappa shape index (κ1) is 19.6. The maximum Gasteiger partial charge on any atom is 0.326 e. The number of aliphatic carboxylic acids is 1. The molecule has 7 heteroatoms. The molecule has 0 bridgehead atoms. The van der Waals surface area contributed by atoms with Crippen LogP contribution in [0.25, 0.3) is 10.8 Å². The molecule has 4 rings (SSSR count). The van der Waals surface area contributed by atoms with Crippen LogP contribution in [0.15, 0.2) is 54.6 Å². The van der Waals surface area contributed by atoms with Crippen molar-refractivity contribution in [3.05, 3.63) is 75.8 Å². The lowest BCUT2D eigenvalue weighted by Crippen LogP contribution is -2.41. The summed E-state index contributed by atoms with van der Waals surface area (Å²) in [6.45, 7) is 0. The highest BCUT2D eigenvalue weighted by molar-refractivity contribution is 6.35. The number of anilines is 1. The van der Waals surface area contributed by atoms with Gasteiger partial charge < -0.3 is 15.7 Å². The molecule has 0 aromatic heterocycles. The Morgan fingerprint density at radius 3 is 2.59 bits per heavy atom. The second kappa shape index (κ2) is 7.93. The summed E-state index contributed by atoms with van der Waals surface area (Å²) in [5, 5.41) is 18.3. The van der Waals surface area contributed by atoms with Crippen molar-refractivity contribution in [3.8, 4) is 0 Å². The number of nitrogens with one attached hydrogen (secondary N) is 2. The van der Waals surface area contributed by atoms with E-state index in [-0.39, 0.29) is 18.7 Å². The molecule has 0 radical (unpaired) electrons. The zero-order valence-electron chi connectivity index (χ0n) is 15.3. The zero-order chi connectivity index (χ0) is 20.5. The van der Waals surface area contributed by atoms with E-state index in [9.17, 15) is 14.7 Å². The minimum atomic E-state index is -1.000. The van der Waals surface area contributed by atoms with Crippen LogP contribution in [0.4, 0.5) is 5.69 Å². The Labute approximate surface area is 177 Å². The molecule has 3 N–H and O–H groups in total. The number of amides is 1. The molecule has 29 heavy (non-hydrogen) atoms. The van der Waals surface area contributed by atoms with Gasteiger partial charge in [0.05, 0.1) is 12.5 Å². The lowest BCUT2D eigenvalue weighted by Gasteiger charge is -2.32. The first-order valence-corrected chi connectivity index (χ1v) is 9.91. The molecule has 1 aliphatic rings. The molecule has 0 fully saturated rings. The van der Waals surface area contributed by atoms with E-state index in [0.717, 1.165) is 16.3 Å². The van der Waals surface area contributed by atoms with E-state index in [1.807, 2.05) is 42.5 Å². The summed E-state index contributed by atoms with van der Waals surface area (Å²) >= 11 is 12.4. The third-order valence-electron chi connectivity index (χ3n) is 5.06. The smallest absolute Gasteiger partial charge is 0.326 e. The largest absolute Gasteiger partial charge is 0.480 e. The van der Waals surface area contributed by atoms with Gasteiger partial charge in [0.2, 0.25) is 5.91 Å². The predicted octanol–water partition coefficient (Wildman–Crippen LogP) is 4.82. The van der Waals surface area contributed by atoms with Gasteiger partial charge in [0.1, 0.15) is 6.04 Å². The monoisotopic (exact) mass is 428 g/mol. The minimum absolute atomic E-state index is 0.188. The first-order valence-electron chi connectivity index (χ1n) is 9.16. The molecular weight excluding hydrogens is 411 g/mol. The normalized spacial score (nSPS) is 18.0. The van der Waals surface area contributed by atoms with Gasteiger partial charge in [-0.1, -0.05) is 65.7 Å². The predicted molar refractivity (Wildman–Crippen MR) is 115 cm³/mol. The number of hydrogen-bond donors (Lipinski definition) is 3. The number of carbonyl (C=O) groups is 2. The lowest BCUT2D eigenvalue weighted by atomic mass is 9.92. The van der Waals surface area contributed by atoms with Gasteiger partial charge in [-0.15, -0.1) is 0 Å². The molecule has 0 saturated carbocycles. The molecule has 3 aromatic rings. The quantitative estimate of drug-likeness (QED) is 0.556. The van der Waals surface area contributed by atoms with Gasteiger partial charge in [-0.05, 0) is 28.5 Å². The first-order chi connectivity index (χ1) is 13.9. The third-order valence-corrected chi connectivity index (χ3v) is 5.59. The van der Waals surface area contributed by atoms with Crippen molar-refractivity contribution in [2.75, 3.05) is 5.32 Å². The highest BCUT2D eigenvalue weighted by Crippen LogP contribution is 2.39. The Kier molecular flexibility index (Phi) is 5.35. The van der Waals surface area contributed by atoms with Crippen LogP contribution in [0.5, 0.6) is 0 Å².